The van der Waals surface area contributed by atoms with Crippen LogP contribution < -0.4 is 206 Å². The van der Waals surface area contributed by atoms with Crippen LogP contribution in [0, 0.1) is 0 Å². The fraction of sp³-hybridized carbons (Fsp3) is 0. The van der Waals surface area contributed by atoms with Crippen molar-refractivity contribution in [2.45, 2.75) is 0 Å². The van der Waals surface area contributed by atoms with E-state index in [1.807, 2.05) is 0 Å². The van der Waals surface area contributed by atoms with Gasteiger partial charge in [0.25, 0.3) is 0 Å². The van der Waals surface area contributed by atoms with Gasteiger partial charge in [0.1, 0.15) is 0 Å². The molecule has 0 unspecified atom stereocenters. The summed E-state index contributed by atoms with van der Waals surface area (Å²) < 4.78 is 0. The minimum atomic E-state index is 0. The molecule has 0 radical (unpaired) electrons. The maximum Gasteiger partial charge on any atom is 1.00 e. The summed E-state index contributed by atoms with van der Waals surface area (Å²) in [6, 6.07) is 0. The maximum atomic E-state index is 7.13. The Bertz CT molecular complexity index is 164. The van der Waals surface area contributed by atoms with Gasteiger partial charge in [-0.05, 0) is 0 Å². The smallest absolute Gasteiger partial charge is 0.753 e. The van der Waals surface area contributed by atoms with Crippen LogP contribution in [0.2, 0.25) is 0 Å². The van der Waals surface area contributed by atoms with Crippen molar-refractivity contribution < 1.29 is 206 Å². The molecule has 0 aromatic rings. The molecule has 0 rings (SSSR count). The van der Waals surface area contributed by atoms with Crippen molar-refractivity contribution in [3.8, 4) is 0 Å². The van der Waals surface area contributed by atoms with Crippen LogP contribution in [0.15, 0.2) is 0 Å². The number of hydrogen-bond donors (Lipinski definition) is 0. The number of isothiocyanates is 4. The third kappa shape index (κ3) is 210. The Balaban J connectivity index is -0.00000000821. The molecular weight excluding hydrogens is 389 g/mol. The molecule has 0 fully saturated rings. The first-order valence-electron chi connectivity index (χ1n) is 1.71. The van der Waals surface area contributed by atoms with Crippen LogP contribution in [-0.2, 0) is 0 Å². The van der Waals surface area contributed by atoms with Crippen LogP contribution >= 0.6 is 48.9 Å². The molecule has 0 aliphatic heterocycles. The van der Waals surface area contributed by atoms with Gasteiger partial charge in [-0.15, -0.1) is 0 Å². The van der Waals surface area contributed by atoms with E-state index in [2.05, 4.69) is 48.9 Å². The quantitative estimate of drug-likeness (QED) is 0.234. The topological polar surface area (TPSA) is 89.2 Å². The zero-order valence-electron chi connectivity index (χ0n) is 9.42. The second-order valence-electron chi connectivity index (χ2n) is 0.365. The van der Waals surface area contributed by atoms with Gasteiger partial charge in [0.2, 0.25) is 0 Å². The standard InChI is InChI=1S/4CNS.4K/c4*2-1-3;;;;/q4*-1;4*+1. The maximum absolute atomic E-state index is 7.13. The summed E-state index contributed by atoms with van der Waals surface area (Å²) in [5.74, 6) is 0. The van der Waals surface area contributed by atoms with Gasteiger partial charge in [0.15, 0.2) is 0 Å². The van der Waals surface area contributed by atoms with Gasteiger partial charge < -0.3 is 21.6 Å². The Hall–Kier alpha value is 5.75. The Labute approximate surface area is 287 Å². The molecule has 0 saturated carbocycles. The van der Waals surface area contributed by atoms with Crippen LogP contribution in [0.5, 0.6) is 0 Å². The number of hydrogen-bond acceptors (Lipinski definition) is 4. The molecule has 0 aromatic heterocycles. The van der Waals surface area contributed by atoms with E-state index in [4.69, 9.17) is 21.6 Å². The summed E-state index contributed by atoms with van der Waals surface area (Å²) in [6.07, 6.45) is 0. The second-order valence-corrected chi connectivity index (χ2v) is 1.10. The van der Waals surface area contributed by atoms with E-state index in [0.717, 1.165) is 0 Å². The van der Waals surface area contributed by atoms with Gasteiger partial charge >= 0.3 is 206 Å². The average molecular weight is 389 g/mol. The van der Waals surface area contributed by atoms with Crippen molar-refractivity contribution in [3.63, 3.8) is 0 Å². The molecule has 0 aliphatic carbocycles. The summed E-state index contributed by atoms with van der Waals surface area (Å²) in [5, 5.41) is 33.9. The van der Waals surface area contributed by atoms with Crippen LogP contribution in [0.4, 0.5) is 0 Å². The molecule has 0 heterocycles. The summed E-state index contributed by atoms with van der Waals surface area (Å²) >= 11 is 14.8. The third-order valence-corrected chi connectivity index (χ3v) is 0. The van der Waals surface area contributed by atoms with Gasteiger partial charge in [-0.3, -0.25) is 0 Å². The molecule has 0 N–H and O–H groups in total. The molecule has 12 heteroatoms. The molecular formula is C4K4N4S4. The van der Waals surface area contributed by atoms with E-state index in [-0.39, 0.29) is 206 Å². The first kappa shape index (κ1) is 49.5. The average Bonchev–Trinajstić information content (AvgIpc) is 1.92. The van der Waals surface area contributed by atoms with E-state index in [1.54, 1.807) is 0 Å². The summed E-state index contributed by atoms with van der Waals surface area (Å²) in [5.41, 5.74) is 0. The van der Waals surface area contributed by atoms with Crippen molar-refractivity contribution in [1.29, 1.82) is 0 Å². The minimum Gasteiger partial charge on any atom is -0.753 e. The fourth-order valence-electron chi connectivity index (χ4n) is 0. The molecule has 64 valence electrons. The zero-order chi connectivity index (χ0) is 10.8. The predicted octanol–water partition coefficient (Wildman–Crippen LogP) is -9.35. The van der Waals surface area contributed by atoms with Crippen molar-refractivity contribution in [3.05, 3.63) is 21.6 Å². The predicted molar refractivity (Wildman–Crippen MR) is 63.8 cm³/mol. The normalized spacial score (nSPS) is 2.00. The van der Waals surface area contributed by atoms with Crippen LogP contribution in [0.3, 0.4) is 0 Å². The van der Waals surface area contributed by atoms with Crippen molar-refractivity contribution >= 4 is 69.5 Å². The van der Waals surface area contributed by atoms with Crippen molar-refractivity contribution in [2.24, 2.45) is 0 Å². The van der Waals surface area contributed by atoms with Gasteiger partial charge in [0.05, 0.1) is 0 Å². The van der Waals surface area contributed by atoms with Gasteiger partial charge in [-0.1, -0.05) is 48.9 Å². The number of rotatable bonds is 0. The van der Waals surface area contributed by atoms with Crippen LogP contribution in [0.25, 0.3) is 21.6 Å². The Morgan fingerprint density at radius 3 is 0.438 bits per heavy atom. The van der Waals surface area contributed by atoms with E-state index in [0.29, 0.717) is 0 Å². The van der Waals surface area contributed by atoms with E-state index in [1.165, 1.54) is 20.6 Å². The second kappa shape index (κ2) is 85.2. The van der Waals surface area contributed by atoms with Crippen LogP contribution in [-0.4, -0.2) is 20.6 Å². The molecule has 0 atom stereocenters. The molecule has 0 spiro atoms. The van der Waals surface area contributed by atoms with Crippen LogP contribution in [0.1, 0.15) is 0 Å². The summed E-state index contributed by atoms with van der Waals surface area (Å²) in [7, 11) is 0. The van der Waals surface area contributed by atoms with Crippen molar-refractivity contribution in [1.82, 2.24) is 0 Å². The fourth-order valence-corrected chi connectivity index (χ4v) is 0. The molecule has 0 aliphatic rings. The van der Waals surface area contributed by atoms with Gasteiger partial charge in [0, 0.05) is 0 Å². The molecule has 0 bridgehead atoms. The van der Waals surface area contributed by atoms with Gasteiger partial charge in [-0.2, -0.15) is 20.6 Å². The molecule has 0 amide bonds. The van der Waals surface area contributed by atoms with E-state index >= 15 is 0 Å². The minimum absolute atomic E-state index is 0. The zero-order valence-corrected chi connectivity index (χ0v) is 25.2. The Morgan fingerprint density at radius 2 is 0.438 bits per heavy atom. The Kier molecular flexibility index (Phi) is 264. The summed E-state index contributed by atoms with van der Waals surface area (Å²) in [4.78, 5) is 0. The molecule has 4 nitrogen and oxygen atoms in total. The summed E-state index contributed by atoms with van der Waals surface area (Å²) in [6.45, 7) is 0. The number of thiocarbonyl (C=S) groups is 4. The first-order chi connectivity index (χ1) is 5.66. The SMILES string of the molecule is [K+].[K+].[K+].[K+].[N-]=C=S.[N-]=C=S.[N-]=C=S.[N-]=C=S. The molecule has 0 saturated heterocycles. The largest absolute Gasteiger partial charge is 1.00 e. The Morgan fingerprint density at radius 1 is 0.438 bits per heavy atom. The van der Waals surface area contributed by atoms with E-state index in [9.17, 15) is 0 Å². The molecule has 16 heavy (non-hydrogen) atoms. The molecule has 0 aromatic carbocycles. The van der Waals surface area contributed by atoms with Gasteiger partial charge in [-0.25, -0.2) is 0 Å². The van der Waals surface area contributed by atoms with E-state index < -0.39 is 0 Å². The third-order valence-electron chi connectivity index (χ3n) is 0. The monoisotopic (exact) mass is 388 g/mol. The number of nitrogens with zero attached hydrogens (tertiary/aromatic N) is 4. The van der Waals surface area contributed by atoms with Crippen molar-refractivity contribution in [2.75, 3.05) is 0 Å². The first-order valence-corrected chi connectivity index (χ1v) is 3.34.